The molecule has 0 unspecified atom stereocenters. The summed E-state index contributed by atoms with van der Waals surface area (Å²) in [4.78, 5) is 30.8. The Balaban J connectivity index is 2.03. The molecule has 6 nitrogen and oxygen atoms in total. The summed E-state index contributed by atoms with van der Waals surface area (Å²) in [6.45, 7) is 4.21. The molecule has 0 amide bonds. The summed E-state index contributed by atoms with van der Waals surface area (Å²) in [5.41, 5.74) is 1.22. The minimum Gasteiger partial charge on any atom is -0.438 e. The summed E-state index contributed by atoms with van der Waals surface area (Å²) < 4.78 is 7.24. The second-order valence-corrected chi connectivity index (χ2v) is 6.01. The van der Waals surface area contributed by atoms with Crippen molar-refractivity contribution >= 4 is 11.6 Å². The summed E-state index contributed by atoms with van der Waals surface area (Å²) in [5.74, 6) is 0.875. The Kier molecular flexibility index (Phi) is 5.23. The number of rotatable bonds is 5. The molecule has 0 radical (unpaired) electrons. The molecule has 1 aromatic carbocycles. The minimum atomic E-state index is -0.412. The van der Waals surface area contributed by atoms with E-state index in [1.807, 2.05) is 26.0 Å². The number of nitrogens with zero attached hydrogens (tertiary/aromatic N) is 2. The van der Waals surface area contributed by atoms with Gasteiger partial charge in [0.15, 0.2) is 0 Å². The van der Waals surface area contributed by atoms with Crippen molar-refractivity contribution in [2.75, 3.05) is 0 Å². The van der Waals surface area contributed by atoms with Crippen LogP contribution in [0.15, 0.2) is 52.2 Å². The fraction of sp³-hybridized carbons (Fsp3) is 0.211. The van der Waals surface area contributed by atoms with Gasteiger partial charge < -0.3 is 4.74 Å². The Morgan fingerprint density at radius 3 is 2.50 bits per heavy atom. The van der Waals surface area contributed by atoms with E-state index >= 15 is 0 Å². The van der Waals surface area contributed by atoms with Crippen molar-refractivity contribution < 1.29 is 4.74 Å². The maximum Gasteiger partial charge on any atom is 0.328 e. The highest BCUT2D eigenvalue weighted by Crippen LogP contribution is 2.29. The molecule has 7 heteroatoms. The smallest absolute Gasteiger partial charge is 0.328 e. The molecule has 3 aromatic rings. The van der Waals surface area contributed by atoms with Gasteiger partial charge in [-0.3, -0.25) is 14.3 Å². The zero-order valence-electron chi connectivity index (χ0n) is 14.5. The van der Waals surface area contributed by atoms with Crippen molar-refractivity contribution in [2.24, 2.45) is 0 Å². The first-order valence-electron chi connectivity index (χ1n) is 8.30. The van der Waals surface area contributed by atoms with E-state index in [0.29, 0.717) is 40.9 Å². The number of hydrogen-bond acceptors (Lipinski definition) is 4. The zero-order chi connectivity index (χ0) is 18.7. The van der Waals surface area contributed by atoms with Gasteiger partial charge in [-0.15, -0.1) is 0 Å². The lowest BCUT2D eigenvalue weighted by Crippen LogP contribution is -2.33. The van der Waals surface area contributed by atoms with E-state index in [2.05, 4.69) is 9.97 Å². The van der Waals surface area contributed by atoms with Crippen LogP contribution in [0.2, 0.25) is 5.02 Å². The average molecular weight is 372 g/mol. The number of aromatic amines is 1. The zero-order valence-corrected chi connectivity index (χ0v) is 15.2. The largest absolute Gasteiger partial charge is 0.438 e. The third-order valence-corrected chi connectivity index (χ3v) is 4.32. The fourth-order valence-electron chi connectivity index (χ4n) is 2.81. The summed E-state index contributed by atoms with van der Waals surface area (Å²) >= 11 is 6.05. The predicted octanol–water partition coefficient (Wildman–Crippen LogP) is 3.63. The predicted molar refractivity (Wildman–Crippen MR) is 101 cm³/mol. The van der Waals surface area contributed by atoms with Crippen LogP contribution in [0, 0.1) is 0 Å². The lowest BCUT2D eigenvalue weighted by atomic mass is 10.0. The Morgan fingerprint density at radius 1 is 1.15 bits per heavy atom. The highest BCUT2D eigenvalue weighted by Gasteiger charge is 2.15. The van der Waals surface area contributed by atoms with Gasteiger partial charge in [0.1, 0.15) is 10.8 Å². The topological polar surface area (TPSA) is 77.0 Å². The van der Waals surface area contributed by atoms with Gasteiger partial charge in [-0.2, -0.15) is 0 Å². The van der Waals surface area contributed by atoms with Gasteiger partial charge >= 0.3 is 5.69 Å². The van der Waals surface area contributed by atoms with Crippen LogP contribution < -0.4 is 16.0 Å². The number of halogens is 1. The molecule has 0 bridgehead atoms. The van der Waals surface area contributed by atoms with Gasteiger partial charge in [-0.1, -0.05) is 18.5 Å². The van der Waals surface area contributed by atoms with Crippen LogP contribution in [0.5, 0.6) is 11.6 Å². The molecule has 0 aliphatic heterocycles. The lowest BCUT2D eigenvalue weighted by Gasteiger charge is -2.15. The molecule has 0 aliphatic carbocycles. The van der Waals surface area contributed by atoms with E-state index in [0.717, 1.165) is 5.56 Å². The van der Waals surface area contributed by atoms with Crippen molar-refractivity contribution in [1.82, 2.24) is 14.5 Å². The third kappa shape index (κ3) is 3.41. The van der Waals surface area contributed by atoms with E-state index in [1.54, 1.807) is 35.0 Å². The van der Waals surface area contributed by atoms with Gasteiger partial charge in [0, 0.05) is 18.3 Å². The lowest BCUT2D eigenvalue weighted by molar-refractivity contribution is 0.463. The molecule has 0 saturated carbocycles. The molecule has 0 aliphatic rings. The van der Waals surface area contributed by atoms with Crippen molar-refractivity contribution in [1.29, 1.82) is 0 Å². The molecule has 0 saturated heterocycles. The normalized spacial score (nSPS) is 10.7. The molecule has 2 aromatic heterocycles. The molecule has 0 atom stereocenters. The van der Waals surface area contributed by atoms with Crippen LogP contribution in [-0.2, 0) is 13.0 Å². The summed E-state index contributed by atoms with van der Waals surface area (Å²) in [7, 11) is 0. The van der Waals surface area contributed by atoms with Gasteiger partial charge in [-0.25, -0.2) is 9.78 Å². The Hall–Kier alpha value is -2.86. The van der Waals surface area contributed by atoms with Gasteiger partial charge in [0.25, 0.3) is 5.56 Å². The molecule has 0 spiro atoms. The second-order valence-electron chi connectivity index (χ2n) is 5.60. The minimum absolute atomic E-state index is 0.317. The molecule has 1 N–H and O–H groups in total. The monoisotopic (exact) mass is 371 g/mol. The Labute approximate surface area is 155 Å². The van der Waals surface area contributed by atoms with E-state index < -0.39 is 5.69 Å². The molecule has 2 heterocycles. The SMILES string of the molecule is CCc1c(-c2ccc(Oc3ncccc3Cl)cc2)n(CC)c(=O)[nH]c1=O. The van der Waals surface area contributed by atoms with Crippen LogP contribution in [0.3, 0.4) is 0 Å². The number of benzene rings is 1. The number of H-pyrrole nitrogens is 1. The number of ether oxygens (including phenoxy) is 1. The Morgan fingerprint density at radius 2 is 1.88 bits per heavy atom. The van der Waals surface area contributed by atoms with Crippen LogP contribution in [0.25, 0.3) is 11.3 Å². The van der Waals surface area contributed by atoms with Gasteiger partial charge in [0.2, 0.25) is 5.88 Å². The first-order chi connectivity index (χ1) is 12.5. The number of pyridine rings is 1. The van der Waals surface area contributed by atoms with E-state index in [1.165, 1.54) is 0 Å². The number of aromatic nitrogens is 3. The highest BCUT2D eigenvalue weighted by molar-refractivity contribution is 6.31. The Bertz CT molecular complexity index is 1000. The third-order valence-electron chi connectivity index (χ3n) is 4.03. The first-order valence-corrected chi connectivity index (χ1v) is 8.67. The van der Waals surface area contributed by atoms with Crippen molar-refractivity contribution in [3.63, 3.8) is 0 Å². The molecule has 134 valence electrons. The quantitative estimate of drug-likeness (QED) is 0.743. The standard InChI is InChI=1S/C19H18ClN3O3/c1-3-14-16(23(4-2)19(25)22-17(14)24)12-7-9-13(10-8-12)26-18-15(20)6-5-11-21-18/h5-11H,3-4H2,1-2H3,(H,22,24,25). The van der Waals surface area contributed by atoms with Crippen molar-refractivity contribution in [3.05, 3.63) is 74.0 Å². The van der Waals surface area contributed by atoms with Gasteiger partial charge in [0.05, 0.1) is 5.69 Å². The maximum atomic E-state index is 12.2. The molecule has 0 fully saturated rings. The summed E-state index contributed by atoms with van der Waals surface area (Å²) in [5, 5.41) is 0.416. The highest BCUT2D eigenvalue weighted by atomic mass is 35.5. The van der Waals surface area contributed by atoms with Crippen LogP contribution in [0.1, 0.15) is 19.4 Å². The maximum absolute atomic E-state index is 12.2. The van der Waals surface area contributed by atoms with Crippen LogP contribution >= 0.6 is 11.6 Å². The van der Waals surface area contributed by atoms with E-state index in [-0.39, 0.29) is 5.56 Å². The fourth-order valence-corrected chi connectivity index (χ4v) is 2.97. The van der Waals surface area contributed by atoms with Crippen molar-refractivity contribution in [3.8, 4) is 22.9 Å². The van der Waals surface area contributed by atoms with Crippen LogP contribution in [-0.4, -0.2) is 14.5 Å². The van der Waals surface area contributed by atoms with Gasteiger partial charge in [-0.05, 0) is 55.3 Å². The molecule has 26 heavy (non-hydrogen) atoms. The summed E-state index contributed by atoms with van der Waals surface area (Å²) in [6.07, 6.45) is 2.12. The molecular weight excluding hydrogens is 354 g/mol. The van der Waals surface area contributed by atoms with Crippen molar-refractivity contribution in [2.45, 2.75) is 26.8 Å². The molecule has 3 rings (SSSR count). The average Bonchev–Trinajstić information content (AvgIpc) is 2.64. The molecular formula is C19H18ClN3O3. The van der Waals surface area contributed by atoms with Crippen LogP contribution in [0.4, 0.5) is 0 Å². The second kappa shape index (κ2) is 7.58. The number of nitrogens with one attached hydrogen (secondary N) is 1. The summed E-state index contributed by atoms with van der Waals surface area (Å²) in [6, 6.07) is 10.6. The number of hydrogen-bond donors (Lipinski definition) is 1. The van der Waals surface area contributed by atoms with E-state index in [4.69, 9.17) is 16.3 Å². The van der Waals surface area contributed by atoms with E-state index in [9.17, 15) is 9.59 Å². The first kappa shape index (κ1) is 17.9.